The highest BCUT2D eigenvalue weighted by molar-refractivity contribution is 6.09. The van der Waals surface area contributed by atoms with Gasteiger partial charge in [0, 0.05) is 24.7 Å². The van der Waals surface area contributed by atoms with E-state index in [4.69, 9.17) is 4.74 Å². The van der Waals surface area contributed by atoms with Gasteiger partial charge in [-0.1, -0.05) is 6.07 Å². The summed E-state index contributed by atoms with van der Waals surface area (Å²) in [6.07, 6.45) is -1.35. The van der Waals surface area contributed by atoms with Gasteiger partial charge in [0.05, 0.1) is 28.8 Å². The molecule has 0 aliphatic carbocycles. The Morgan fingerprint density at radius 2 is 1.78 bits per heavy atom. The van der Waals surface area contributed by atoms with Crippen LogP contribution in [-0.2, 0) is 20.5 Å². The van der Waals surface area contributed by atoms with Crippen LogP contribution < -0.4 is 10.2 Å². The lowest BCUT2D eigenvalue weighted by Gasteiger charge is -2.31. The summed E-state index contributed by atoms with van der Waals surface area (Å²) in [5.41, 5.74) is -1.24. The third-order valence-corrected chi connectivity index (χ3v) is 5.70. The molecule has 1 fully saturated rings. The van der Waals surface area contributed by atoms with E-state index in [9.17, 15) is 31.9 Å². The van der Waals surface area contributed by atoms with Gasteiger partial charge in [0.15, 0.2) is 5.78 Å². The molecule has 3 rings (SSSR count). The van der Waals surface area contributed by atoms with E-state index in [1.165, 1.54) is 6.07 Å². The second-order valence-corrected chi connectivity index (χ2v) is 9.71. The molecule has 7 nitrogen and oxygen atoms in total. The number of esters is 1. The first-order valence-electron chi connectivity index (χ1n) is 11.7. The average molecular weight is 512 g/mol. The summed E-state index contributed by atoms with van der Waals surface area (Å²) in [5.74, 6) is -2.58. The lowest BCUT2D eigenvalue weighted by atomic mass is 10.0. The highest BCUT2D eigenvalue weighted by Gasteiger charge is 2.32. The first-order chi connectivity index (χ1) is 16.8. The summed E-state index contributed by atoms with van der Waals surface area (Å²) in [6.45, 7) is 4.64. The lowest BCUT2D eigenvalue weighted by Crippen LogP contribution is -2.44. The number of ketones is 1. The molecule has 2 heterocycles. The molecule has 1 N–H and O–H groups in total. The number of ether oxygens (including phenoxy) is 1. The van der Waals surface area contributed by atoms with Crippen LogP contribution in [0.4, 0.5) is 23.2 Å². The first kappa shape index (κ1) is 27.3. The molecule has 196 valence electrons. The molecule has 1 amide bonds. The number of pyridine rings is 1. The van der Waals surface area contributed by atoms with E-state index in [0.29, 0.717) is 24.2 Å². The van der Waals surface area contributed by atoms with Gasteiger partial charge in [-0.15, -0.1) is 0 Å². The monoisotopic (exact) mass is 511 g/mol. The molecule has 1 atom stereocenters. The van der Waals surface area contributed by atoms with Gasteiger partial charge < -0.3 is 15.0 Å². The summed E-state index contributed by atoms with van der Waals surface area (Å²) in [4.78, 5) is 43.7. The zero-order valence-electron chi connectivity index (χ0n) is 20.4. The molecule has 36 heavy (non-hydrogen) atoms. The number of benzene rings is 1. The summed E-state index contributed by atoms with van der Waals surface area (Å²) in [7, 11) is 0. The Kier molecular flexibility index (Phi) is 8.20. The number of rotatable bonds is 7. The van der Waals surface area contributed by atoms with Gasteiger partial charge in [-0.3, -0.25) is 19.4 Å². The number of nitrogens with zero attached hydrogens (tertiary/aromatic N) is 2. The topological polar surface area (TPSA) is 88.6 Å². The number of alkyl halides is 4. The number of fused-ring (bicyclic) bond motifs is 1. The van der Waals surface area contributed by atoms with Crippen molar-refractivity contribution in [1.29, 1.82) is 0 Å². The minimum atomic E-state index is -4.56. The highest BCUT2D eigenvalue weighted by atomic mass is 19.4. The van der Waals surface area contributed by atoms with Crippen LogP contribution in [0, 0.1) is 0 Å². The van der Waals surface area contributed by atoms with Crippen LogP contribution >= 0.6 is 0 Å². The van der Waals surface area contributed by atoms with Crippen molar-refractivity contribution in [3.8, 4) is 0 Å². The Hall–Kier alpha value is -3.24. The normalized spacial score (nSPS) is 15.5. The summed E-state index contributed by atoms with van der Waals surface area (Å²) in [6, 6.07) is 1.64. The van der Waals surface area contributed by atoms with Crippen molar-refractivity contribution in [2.45, 2.75) is 64.3 Å². The number of hydrogen-bond donors (Lipinski definition) is 1. The van der Waals surface area contributed by atoms with E-state index >= 15 is 0 Å². The van der Waals surface area contributed by atoms with Gasteiger partial charge in [0.2, 0.25) is 0 Å². The minimum absolute atomic E-state index is 0.0185. The van der Waals surface area contributed by atoms with E-state index in [1.54, 1.807) is 20.8 Å². The molecule has 0 spiro atoms. The third-order valence-electron chi connectivity index (χ3n) is 5.70. The third kappa shape index (κ3) is 6.70. The summed E-state index contributed by atoms with van der Waals surface area (Å²) < 4.78 is 58.1. The number of carbonyl (C=O) groups excluding carboxylic acids is 3. The van der Waals surface area contributed by atoms with Crippen LogP contribution in [0.1, 0.15) is 62.4 Å². The van der Waals surface area contributed by atoms with Crippen LogP contribution in [0.3, 0.4) is 0 Å². The second-order valence-electron chi connectivity index (χ2n) is 9.71. The quantitative estimate of drug-likeness (QED) is 0.431. The number of hydrogen-bond acceptors (Lipinski definition) is 6. The van der Waals surface area contributed by atoms with Gasteiger partial charge in [-0.05, 0) is 52.2 Å². The molecule has 1 unspecified atom stereocenters. The summed E-state index contributed by atoms with van der Waals surface area (Å²) >= 11 is 0. The number of piperidine rings is 1. The van der Waals surface area contributed by atoms with Crippen LogP contribution in [0.15, 0.2) is 24.4 Å². The Labute approximate surface area is 206 Å². The maximum absolute atomic E-state index is 13.3. The predicted molar refractivity (Wildman–Crippen MR) is 126 cm³/mol. The molecule has 1 aromatic carbocycles. The fourth-order valence-corrected chi connectivity index (χ4v) is 4.10. The smallest absolute Gasteiger partial charge is 0.416 e. The van der Waals surface area contributed by atoms with E-state index in [2.05, 4.69) is 10.3 Å². The van der Waals surface area contributed by atoms with Gasteiger partial charge in [-0.25, -0.2) is 4.39 Å². The number of aromatic nitrogens is 1. The Bertz CT molecular complexity index is 1140. The number of amides is 1. The summed E-state index contributed by atoms with van der Waals surface area (Å²) in [5, 5.41) is 2.75. The standard InChI is InChI=1S/C25H29F4N3O4/c1-24(2,3)36-21(34)12-19(20(33)13-26)31-23(35)17-14-30-18-11-15(25(27,28)29)7-8-16(18)22(17)32-9-5-4-6-10-32/h7-8,11,14,19H,4-6,9-10,12-13H2,1-3H3,(H,31,35). The Morgan fingerprint density at radius 3 is 2.36 bits per heavy atom. The maximum Gasteiger partial charge on any atom is 0.416 e. The van der Waals surface area contributed by atoms with Crippen molar-refractivity contribution in [2.75, 3.05) is 24.7 Å². The molecule has 11 heteroatoms. The van der Waals surface area contributed by atoms with Crippen molar-refractivity contribution in [3.05, 3.63) is 35.5 Å². The Balaban J connectivity index is 2.00. The molecule has 0 bridgehead atoms. The molecule has 0 radical (unpaired) electrons. The van der Waals surface area contributed by atoms with Crippen molar-refractivity contribution < 1.29 is 36.7 Å². The van der Waals surface area contributed by atoms with Crippen LogP contribution in [0.2, 0.25) is 0 Å². The fraction of sp³-hybridized carbons (Fsp3) is 0.520. The second kappa shape index (κ2) is 10.8. The largest absolute Gasteiger partial charge is 0.460 e. The number of nitrogens with one attached hydrogen (secondary N) is 1. The molecule has 1 aliphatic heterocycles. The Morgan fingerprint density at radius 1 is 1.11 bits per heavy atom. The molecule has 1 aromatic heterocycles. The molecular weight excluding hydrogens is 482 g/mol. The zero-order chi connectivity index (χ0) is 26.7. The van der Waals surface area contributed by atoms with E-state index < -0.39 is 54.1 Å². The van der Waals surface area contributed by atoms with Crippen molar-refractivity contribution in [1.82, 2.24) is 10.3 Å². The number of halogens is 4. The molecule has 0 saturated carbocycles. The van der Waals surface area contributed by atoms with Gasteiger partial charge in [0.25, 0.3) is 5.91 Å². The van der Waals surface area contributed by atoms with Gasteiger partial charge >= 0.3 is 12.1 Å². The molecular formula is C25H29F4N3O4. The number of anilines is 1. The van der Waals surface area contributed by atoms with Crippen molar-refractivity contribution >= 4 is 34.3 Å². The predicted octanol–water partition coefficient (Wildman–Crippen LogP) is 4.61. The number of Topliss-reactive ketones (excluding diaryl/α,β-unsaturated/α-hetero) is 1. The van der Waals surface area contributed by atoms with Crippen LogP contribution in [-0.4, -0.2) is 54.1 Å². The number of carbonyl (C=O) groups is 3. The molecule has 1 saturated heterocycles. The highest BCUT2D eigenvalue weighted by Crippen LogP contribution is 2.36. The van der Waals surface area contributed by atoms with Gasteiger partial charge in [0.1, 0.15) is 18.3 Å². The van der Waals surface area contributed by atoms with Crippen LogP contribution in [0.5, 0.6) is 0 Å². The lowest BCUT2D eigenvalue weighted by molar-refractivity contribution is -0.156. The average Bonchev–Trinajstić information content (AvgIpc) is 2.80. The minimum Gasteiger partial charge on any atom is -0.460 e. The zero-order valence-corrected chi connectivity index (χ0v) is 20.4. The van der Waals surface area contributed by atoms with E-state index in [-0.39, 0.29) is 11.1 Å². The molecule has 2 aromatic rings. The van der Waals surface area contributed by atoms with E-state index in [0.717, 1.165) is 37.6 Å². The van der Waals surface area contributed by atoms with Crippen molar-refractivity contribution in [2.24, 2.45) is 0 Å². The molecule has 1 aliphatic rings. The van der Waals surface area contributed by atoms with Crippen molar-refractivity contribution in [3.63, 3.8) is 0 Å². The van der Waals surface area contributed by atoms with Gasteiger partial charge in [-0.2, -0.15) is 13.2 Å². The fourth-order valence-electron chi connectivity index (χ4n) is 4.10. The first-order valence-corrected chi connectivity index (χ1v) is 11.7. The SMILES string of the molecule is CC(C)(C)OC(=O)CC(NC(=O)c1cnc2cc(C(F)(F)F)ccc2c1N1CCCCC1)C(=O)CF. The maximum atomic E-state index is 13.3. The van der Waals surface area contributed by atoms with Crippen LogP contribution in [0.25, 0.3) is 10.9 Å². The van der Waals surface area contributed by atoms with E-state index in [1.807, 2.05) is 4.90 Å².